The van der Waals surface area contributed by atoms with Crippen molar-refractivity contribution in [2.24, 2.45) is 0 Å². The third kappa shape index (κ3) is 7.14. The number of rotatable bonds is 5. The van der Waals surface area contributed by atoms with Crippen molar-refractivity contribution in [3.8, 4) is 22.5 Å². The van der Waals surface area contributed by atoms with E-state index in [1.807, 2.05) is 61.7 Å². The summed E-state index contributed by atoms with van der Waals surface area (Å²) in [6.07, 6.45) is 5.53. The maximum Gasteiger partial charge on any atom is 0.216 e. The number of hydrogen-bond donors (Lipinski definition) is 0. The molecule has 4 heterocycles. The second-order valence-electron chi connectivity index (χ2n) is 10.3. The molecule has 0 amide bonds. The molecule has 0 saturated heterocycles. The molecule has 0 unspecified atom stereocenters. The minimum atomic E-state index is -2.28. The van der Waals surface area contributed by atoms with Crippen molar-refractivity contribution < 1.29 is 28.6 Å². The zero-order valence-corrected chi connectivity index (χ0v) is 26.3. The fourth-order valence-electron chi connectivity index (χ4n) is 4.80. The third-order valence-corrected chi connectivity index (χ3v) is 7.10. The zero-order chi connectivity index (χ0) is 31.4. The predicted octanol–water partition coefficient (Wildman–Crippen LogP) is 9.10. The first-order valence-electron chi connectivity index (χ1n) is 15.4. The van der Waals surface area contributed by atoms with Gasteiger partial charge in [-0.2, -0.15) is 0 Å². The van der Waals surface area contributed by atoms with E-state index in [0.717, 1.165) is 46.1 Å². The topological polar surface area (TPSA) is 51.8 Å². The summed E-state index contributed by atoms with van der Waals surface area (Å²) >= 11 is 0. The summed E-state index contributed by atoms with van der Waals surface area (Å²) in [5, 5.41) is 1.64. The van der Waals surface area contributed by atoms with Gasteiger partial charge >= 0.3 is 0 Å². The van der Waals surface area contributed by atoms with Crippen LogP contribution in [0, 0.1) is 32.8 Å². The van der Waals surface area contributed by atoms with E-state index in [4.69, 9.17) is 8.53 Å². The standard InChI is InChI=1S/C26H21N2O.C12H10N.Ir/c1-17-6-9-19(10-7-17)11-12-20-14-15-27-24(16-20)23-5-3-4-21-22-13-8-18(2)28-26(22)29-25(21)23;1-10-7-8-12(13-9-10)11-5-3-2-4-6-11;/h3-4,6-10,13-16H,11-12H2,1-2H3;2-5,7-9H,1H3;/q2*-1;/i2D3;;. The van der Waals surface area contributed by atoms with E-state index >= 15 is 0 Å². The number of hydrogen-bond acceptors (Lipinski definition) is 4. The van der Waals surface area contributed by atoms with Crippen molar-refractivity contribution >= 4 is 22.1 Å². The average Bonchev–Trinajstić information content (AvgIpc) is 3.44. The van der Waals surface area contributed by atoms with Crippen LogP contribution in [0.15, 0.2) is 114 Å². The molecule has 0 aliphatic rings. The molecule has 215 valence electrons. The van der Waals surface area contributed by atoms with Gasteiger partial charge in [-0.3, -0.25) is 0 Å². The van der Waals surface area contributed by atoms with Crippen LogP contribution in [0.5, 0.6) is 0 Å². The molecular weight excluding hydrogens is 707 g/mol. The normalized spacial score (nSPS) is 12.0. The molecule has 3 aromatic carbocycles. The second kappa shape index (κ2) is 13.7. The van der Waals surface area contributed by atoms with Crippen molar-refractivity contribution in [2.75, 3.05) is 0 Å². The molecule has 7 rings (SSSR count). The van der Waals surface area contributed by atoms with Gasteiger partial charge in [-0.25, -0.2) is 4.98 Å². The van der Waals surface area contributed by atoms with Crippen LogP contribution in [0.25, 0.3) is 44.6 Å². The molecule has 0 atom stereocenters. The van der Waals surface area contributed by atoms with Gasteiger partial charge < -0.3 is 14.4 Å². The number of nitrogens with zero attached hydrogens (tertiary/aromatic N) is 3. The Morgan fingerprint density at radius 3 is 2.35 bits per heavy atom. The van der Waals surface area contributed by atoms with Crippen LogP contribution < -0.4 is 0 Å². The molecule has 7 aromatic rings. The van der Waals surface area contributed by atoms with E-state index in [1.165, 1.54) is 28.3 Å². The van der Waals surface area contributed by atoms with Crippen molar-refractivity contribution in [2.45, 2.75) is 33.5 Å². The molecule has 1 radical (unpaired) electrons. The number of aromatic nitrogens is 3. The van der Waals surface area contributed by atoms with E-state index in [9.17, 15) is 0 Å². The Morgan fingerprint density at radius 1 is 0.744 bits per heavy atom. The zero-order valence-electron chi connectivity index (χ0n) is 26.9. The molecule has 4 aromatic heterocycles. The smallest absolute Gasteiger partial charge is 0.216 e. The Balaban J connectivity index is 0.000000250. The fraction of sp³-hybridized carbons (Fsp3) is 0.132. The van der Waals surface area contributed by atoms with Gasteiger partial charge in [0.05, 0.1) is 5.58 Å². The van der Waals surface area contributed by atoms with Gasteiger partial charge in [-0.05, 0) is 74.3 Å². The molecule has 5 heteroatoms. The van der Waals surface area contributed by atoms with Gasteiger partial charge in [0.15, 0.2) is 0 Å². The van der Waals surface area contributed by atoms with Gasteiger partial charge in [-0.1, -0.05) is 64.5 Å². The first-order valence-corrected chi connectivity index (χ1v) is 13.9. The number of furan rings is 1. The van der Waals surface area contributed by atoms with E-state index in [2.05, 4.69) is 70.4 Å². The summed E-state index contributed by atoms with van der Waals surface area (Å²) in [6.45, 7) is 1.84. The second-order valence-corrected chi connectivity index (χ2v) is 10.3. The molecule has 4 nitrogen and oxygen atoms in total. The average molecular weight is 741 g/mol. The minimum absolute atomic E-state index is 0. The SMILES string of the molecule is Cc1ccc(-c2[c-]cccc2)nc1.[2H]C([2H])([2H])c1ccc2c(n1)oc1c(-c3cc(CCc4ccc(C)cc4)ccn3)[c-]ccc12.[Ir]. The van der Waals surface area contributed by atoms with Gasteiger partial charge in [-0.15, -0.1) is 54.1 Å². The largest absolute Gasteiger partial charge is 0.486 e. The quantitative estimate of drug-likeness (QED) is 0.165. The molecule has 43 heavy (non-hydrogen) atoms. The summed E-state index contributed by atoms with van der Waals surface area (Å²) in [5.41, 5.74) is 9.40. The maximum atomic E-state index is 7.61. The minimum Gasteiger partial charge on any atom is -0.486 e. The van der Waals surface area contributed by atoms with Gasteiger partial charge in [0.25, 0.3) is 0 Å². The van der Waals surface area contributed by atoms with Crippen LogP contribution in [0.2, 0.25) is 0 Å². The Kier molecular flexibility index (Phi) is 8.34. The van der Waals surface area contributed by atoms with Crippen molar-refractivity contribution in [3.63, 3.8) is 0 Å². The number of fused-ring (bicyclic) bond motifs is 3. The van der Waals surface area contributed by atoms with Gasteiger partial charge in [0.1, 0.15) is 0 Å². The molecule has 0 bridgehead atoms. The molecular formula is C38H31IrN3O-2. The Hall–Kier alpha value is -4.44. The van der Waals surface area contributed by atoms with Gasteiger partial charge in [0, 0.05) is 47.7 Å². The van der Waals surface area contributed by atoms with Crippen molar-refractivity contribution in [1.29, 1.82) is 0 Å². The molecule has 0 aliphatic heterocycles. The summed E-state index contributed by atoms with van der Waals surface area (Å²) in [6, 6.07) is 38.0. The third-order valence-electron chi connectivity index (χ3n) is 7.10. The van der Waals surface area contributed by atoms with E-state index in [0.29, 0.717) is 11.3 Å². The summed E-state index contributed by atoms with van der Waals surface area (Å²) in [7, 11) is 0. The molecule has 0 N–H and O–H groups in total. The molecule has 0 fully saturated rings. The Labute approximate surface area is 270 Å². The van der Waals surface area contributed by atoms with Crippen LogP contribution in [0.1, 0.15) is 32.1 Å². The van der Waals surface area contributed by atoms with E-state index in [1.54, 1.807) is 12.3 Å². The van der Waals surface area contributed by atoms with Crippen molar-refractivity contribution in [3.05, 3.63) is 150 Å². The number of aryl methyl sites for hydroxylation is 5. The van der Waals surface area contributed by atoms with Crippen LogP contribution >= 0.6 is 0 Å². The van der Waals surface area contributed by atoms with Crippen molar-refractivity contribution in [1.82, 2.24) is 15.0 Å². The van der Waals surface area contributed by atoms with Crippen LogP contribution in [0.3, 0.4) is 0 Å². The van der Waals surface area contributed by atoms with Crippen LogP contribution in [-0.2, 0) is 32.9 Å². The Bertz CT molecular complexity index is 2060. The van der Waals surface area contributed by atoms with E-state index in [-0.39, 0.29) is 25.8 Å². The predicted molar refractivity (Wildman–Crippen MR) is 170 cm³/mol. The monoisotopic (exact) mass is 741 g/mol. The summed E-state index contributed by atoms with van der Waals surface area (Å²) in [5.74, 6) is 0. The van der Waals surface area contributed by atoms with Gasteiger partial charge in [0.2, 0.25) is 5.71 Å². The molecule has 0 aliphatic carbocycles. The van der Waals surface area contributed by atoms with E-state index < -0.39 is 6.85 Å². The number of benzene rings is 3. The maximum absolute atomic E-state index is 7.61. The van der Waals surface area contributed by atoms with Crippen LogP contribution in [-0.4, -0.2) is 15.0 Å². The van der Waals surface area contributed by atoms with Crippen LogP contribution in [0.4, 0.5) is 0 Å². The first kappa shape index (κ1) is 26.2. The fourth-order valence-corrected chi connectivity index (χ4v) is 4.80. The summed E-state index contributed by atoms with van der Waals surface area (Å²) in [4.78, 5) is 13.1. The number of pyridine rings is 3. The first-order chi connectivity index (χ1) is 21.7. The molecule has 0 spiro atoms. The molecule has 0 saturated carbocycles. The Morgan fingerprint density at radius 2 is 1.58 bits per heavy atom. The summed E-state index contributed by atoms with van der Waals surface area (Å²) < 4.78 is 28.8.